The van der Waals surface area contributed by atoms with Crippen molar-refractivity contribution in [1.29, 1.82) is 0 Å². The molecule has 1 amide bonds. The second-order valence-corrected chi connectivity index (χ2v) is 9.58. The minimum Gasteiger partial charge on any atom is -0.496 e. The molecule has 1 atom stereocenters. The topological polar surface area (TPSA) is 84.9 Å². The summed E-state index contributed by atoms with van der Waals surface area (Å²) in [5.41, 5.74) is 1.46. The highest BCUT2D eigenvalue weighted by atomic mass is 32.2. The third-order valence-corrected chi connectivity index (χ3v) is 6.29. The molecule has 9 heteroatoms. The smallest absolute Gasteiger partial charge is 0.258 e. The molecular formula is C25H27FN2O5S. The van der Waals surface area contributed by atoms with Crippen LogP contribution in [0.1, 0.15) is 24.1 Å². The Morgan fingerprint density at radius 1 is 1.03 bits per heavy atom. The van der Waals surface area contributed by atoms with Gasteiger partial charge in [0.1, 0.15) is 17.3 Å². The van der Waals surface area contributed by atoms with Crippen LogP contribution in [0.5, 0.6) is 11.5 Å². The van der Waals surface area contributed by atoms with Gasteiger partial charge in [-0.3, -0.25) is 9.10 Å². The lowest BCUT2D eigenvalue weighted by molar-refractivity contribution is -0.123. The first-order valence-electron chi connectivity index (χ1n) is 10.6. The molecule has 0 aliphatic rings. The second-order valence-electron chi connectivity index (χ2n) is 7.67. The molecule has 0 heterocycles. The largest absolute Gasteiger partial charge is 0.496 e. The maximum atomic E-state index is 14.0. The standard InChI is InChI=1S/C25H27FN2O5S/c1-18(22-9-5-7-11-24(22)32-2)27-25(29)17-33-21-14-12-20(13-15-21)28(34(3,30)31)16-19-8-4-6-10-23(19)26/h4-15,18H,16-17H2,1-3H3,(H,27,29)/t18-/m0/s1. The Labute approximate surface area is 199 Å². The van der Waals surface area contributed by atoms with Gasteiger partial charge >= 0.3 is 0 Å². The van der Waals surface area contributed by atoms with E-state index < -0.39 is 15.8 Å². The van der Waals surface area contributed by atoms with E-state index in [1.165, 1.54) is 12.1 Å². The quantitative estimate of drug-likeness (QED) is 0.467. The molecule has 0 saturated heterocycles. The van der Waals surface area contributed by atoms with E-state index in [2.05, 4.69) is 5.32 Å². The van der Waals surface area contributed by atoms with Gasteiger partial charge in [0.05, 0.1) is 31.6 Å². The number of benzene rings is 3. The van der Waals surface area contributed by atoms with Gasteiger partial charge in [0.2, 0.25) is 10.0 Å². The summed E-state index contributed by atoms with van der Waals surface area (Å²) in [7, 11) is -2.09. The Morgan fingerprint density at radius 3 is 2.32 bits per heavy atom. The van der Waals surface area contributed by atoms with E-state index in [-0.39, 0.29) is 30.7 Å². The van der Waals surface area contributed by atoms with E-state index in [1.54, 1.807) is 43.5 Å². The molecule has 3 rings (SSSR count). The van der Waals surface area contributed by atoms with Crippen molar-refractivity contribution in [2.45, 2.75) is 19.5 Å². The number of amides is 1. The summed E-state index contributed by atoms with van der Waals surface area (Å²) in [6.07, 6.45) is 1.06. The SMILES string of the molecule is COc1ccccc1[C@H](C)NC(=O)COc1ccc(N(Cc2ccccc2F)S(C)(=O)=O)cc1. The zero-order chi connectivity index (χ0) is 24.7. The van der Waals surface area contributed by atoms with Gasteiger partial charge < -0.3 is 14.8 Å². The third kappa shape index (κ3) is 6.48. The number of methoxy groups -OCH3 is 1. The molecule has 0 radical (unpaired) electrons. The lowest BCUT2D eigenvalue weighted by Gasteiger charge is -2.23. The van der Waals surface area contributed by atoms with Gasteiger partial charge in [-0.05, 0) is 43.3 Å². The molecule has 1 N–H and O–H groups in total. The molecule has 0 unspecified atom stereocenters. The maximum absolute atomic E-state index is 14.0. The number of carbonyl (C=O) groups excluding carboxylic acids is 1. The van der Waals surface area contributed by atoms with Crippen molar-refractivity contribution >= 4 is 21.6 Å². The van der Waals surface area contributed by atoms with E-state index in [1.807, 2.05) is 31.2 Å². The van der Waals surface area contributed by atoms with Crippen molar-refractivity contribution in [1.82, 2.24) is 5.32 Å². The fraction of sp³-hybridized carbons (Fsp3) is 0.240. The maximum Gasteiger partial charge on any atom is 0.258 e. The minimum absolute atomic E-state index is 0.144. The second kappa shape index (κ2) is 11.0. The van der Waals surface area contributed by atoms with Crippen molar-refractivity contribution < 1.29 is 27.1 Å². The van der Waals surface area contributed by atoms with E-state index in [4.69, 9.17) is 9.47 Å². The highest BCUT2D eigenvalue weighted by Gasteiger charge is 2.20. The van der Waals surface area contributed by atoms with Gasteiger partial charge in [-0.15, -0.1) is 0 Å². The molecule has 0 bridgehead atoms. The van der Waals surface area contributed by atoms with Crippen molar-refractivity contribution in [2.75, 3.05) is 24.3 Å². The molecule has 0 aromatic heterocycles. The monoisotopic (exact) mass is 486 g/mol. The molecule has 3 aromatic carbocycles. The number of nitrogens with one attached hydrogen (secondary N) is 1. The predicted molar refractivity (Wildman–Crippen MR) is 129 cm³/mol. The Balaban J connectivity index is 1.63. The van der Waals surface area contributed by atoms with Crippen LogP contribution >= 0.6 is 0 Å². The molecule has 34 heavy (non-hydrogen) atoms. The molecule has 0 aliphatic heterocycles. The number of halogens is 1. The van der Waals surface area contributed by atoms with Crippen LogP contribution in [0.15, 0.2) is 72.8 Å². The summed E-state index contributed by atoms with van der Waals surface area (Å²) < 4.78 is 50.7. The fourth-order valence-electron chi connectivity index (χ4n) is 3.42. The van der Waals surface area contributed by atoms with Crippen LogP contribution in [0.2, 0.25) is 0 Å². The van der Waals surface area contributed by atoms with Crippen LogP contribution in [0, 0.1) is 5.82 Å². The number of anilines is 1. The first-order chi connectivity index (χ1) is 16.2. The summed E-state index contributed by atoms with van der Waals surface area (Å²) in [4.78, 5) is 12.3. The summed E-state index contributed by atoms with van der Waals surface area (Å²) in [5.74, 6) is 0.269. The predicted octanol–water partition coefficient (Wildman–Crippen LogP) is 4.06. The molecule has 0 saturated carbocycles. The average Bonchev–Trinajstić information content (AvgIpc) is 2.82. The zero-order valence-electron chi connectivity index (χ0n) is 19.2. The summed E-state index contributed by atoms with van der Waals surface area (Å²) in [6.45, 7) is 1.48. The van der Waals surface area contributed by atoms with Crippen molar-refractivity contribution in [3.8, 4) is 11.5 Å². The average molecular weight is 487 g/mol. The van der Waals surface area contributed by atoms with Crippen molar-refractivity contribution in [3.63, 3.8) is 0 Å². The van der Waals surface area contributed by atoms with E-state index in [0.29, 0.717) is 17.2 Å². The van der Waals surface area contributed by atoms with Crippen LogP contribution in [0.4, 0.5) is 10.1 Å². The third-order valence-electron chi connectivity index (χ3n) is 5.15. The zero-order valence-corrected chi connectivity index (χ0v) is 20.0. The molecule has 7 nitrogen and oxygen atoms in total. The first-order valence-corrected chi connectivity index (χ1v) is 12.4. The highest BCUT2D eigenvalue weighted by molar-refractivity contribution is 7.92. The number of hydrogen-bond acceptors (Lipinski definition) is 5. The molecule has 0 spiro atoms. The molecule has 3 aromatic rings. The molecule has 0 fully saturated rings. The number of nitrogens with zero attached hydrogens (tertiary/aromatic N) is 1. The van der Waals surface area contributed by atoms with Crippen LogP contribution in [0.3, 0.4) is 0 Å². The lowest BCUT2D eigenvalue weighted by Crippen LogP contribution is -2.31. The number of ether oxygens (including phenoxy) is 2. The van der Waals surface area contributed by atoms with Gasteiger partial charge in [0.25, 0.3) is 5.91 Å². The summed E-state index contributed by atoms with van der Waals surface area (Å²) >= 11 is 0. The van der Waals surface area contributed by atoms with Gasteiger partial charge in [-0.1, -0.05) is 36.4 Å². The first kappa shape index (κ1) is 25.0. The van der Waals surface area contributed by atoms with Gasteiger partial charge in [0.15, 0.2) is 6.61 Å². The van der Waals surface area contributed by atoms with Crippen LogP contribution in [-0.2, 0) is 21.4 Å². The molecule has 180 valence electrons. The van der Waals surface area contributed by atoms with Crippen LogP contribution in [-0.4, -0.2) is 34.3 Å². The number of para-hydroxylation sites is 1. The lowest BCUT2D eigenvalue weighted by atomic mass is 10.1. The van der Waals surface area contributed by atoms with E-state index in [9.17, 15) is 17.6 Å². The normalized spacial score (nSPS) is 12.0. The van der Waals surface area contributed by atoms with Crippen LogP contribution in [0.25, 0.3) is 0 Å². The molecular weight excluding hydrogens is 459 g/mol. The highest BCUT2D eigenvalue weighted by Crippen LogP contribution is 2.26. The fourth-order valence-corrected chi connectivity index (χ4v) is 4.30. The minimum atomic E-state index is -3.67. The van der Waals surface area contributed by atoms with Crippen molar-refractivity contribution in [2.24, 2.45) is 0 Å². The summed E-state index contributed by atoms with van der Waals surface area (Å²) in [6, 6.07) is 19.4. The Kier molecular flexibility index (Phi) is 8.12. The van der Waals surface area contributed by atoms with Gasteiger partial charge in [-0.25, -0.2) is 12.8 Å². The number of rotatable bonds is 10. The van der Waals surface area contributed by atoms with Gasteiger partial charge in [-0.2, -0.15) is 0 Å². The Morgan fingerprint density at radius 2 is 1.68 bits per heavy atom. The Hall–Kier alpha value is -3.59. The van der Waals surface area contributed by atoms with E-state index >= 15 is 0 Å². The van der Waals surface area contributed by atoms with Crippen LogP contribution < -0.4 is 19.1 Å². The van der Waals surface area contributed by atoms with E-state index in [0.717, 1.165) is 16.1 Å². The molecule has 0 aliphatic carbocycles. The number of carbonyl (C=O) groups is 1. The Bertz CT molecular complexity index is 1230. The van der Waals surface area contributed by atoms with Gasteiger partial charge in [0, 0.05) is 11.1 Å². The summed E-state index contributed by atoms with van der Waals surface area (Å²) in [5, 5.41) is 2.86. The number of sulfonamides is 1. The van der Waals surface area contributed by atoms with Crippen molar-refractivity contribution in [3.05, 3.63) is 89.7 Å². The number of hydrogen-bond donors (Lipinski definition) is 1.